The van der Waals surface area contributed by atoms with Gasteiger partial charge in [0.25, 0.3) is 11.6 Å². The normalized spacial score (nSPS) is 15.2. The Bertz CT molecular complexity index is 1110. The number of methoxy groups -OCH3 is 1. The molecule has 0 fully saturated rings. The topological polar surface area (TPSA) is 89.8 Å². The van der Waals surface area contributed by atoms with Crippen LogP contribution < -0.4 is 4.90 Å². The summed E-state index contributed by atoms with van der Waals surface area (Å²) in [5.41, 5.74) is -0.139. The summed E-state index contributed by atoms with van der Waals surface area (Å²) in [6.45, 7) is 1.48. The third kappa shape index (κ3) is 3.62. The molecule has 148 valence electrons. The van der Waals surface area contributed by atoms with Crippen molar-refractivity contribution in [3.8, 4) is 0 Å². The van der Waals surface area contributed by atoms with E-state index in [1.807, 2.05) is 0 Å². The molecule has 29 heavy (non-hydrogen) atoms. The van der Waals surface area contributed by atoms with Crippen LogP contribution in [0.25, 0.3) is 6.08 Å². The van der Waals surface area contributed by atoms with Gasteiger partial charge in [-0.2, -0.15) is 0 Å². The molecule has 0 saturated heterocycles. The number of non-ortho nitro benzene ring substituents is 1. The molecule has 2 aromatic carbocycles. The van der Waals surface area contributed by atoms with Crippen molar-refractivity contribution in [1.29, 1.82) is 0 Å². The van der Waals surface area contributed by atoms with Crippen LogP contribution >= 0.6 is 11.6 Å². The maximum absolute atomic E-state index is 14.3. The van der Waals surface area contributed by atoms with Crippen molar-refractivity contribution >= 4 is 40.9 Å². The van der Waals surface area contributed by atoms with Gasteiger partial charge in [-0.3, -0.25) is 19.8 Å². The average molecular weight is 417 g/mol. The highest BCUT2D eigenvalue weighted by Crippen LogP contribution is 2.37. The van der Waals surface area contributed by atoms with E-state index in [9.17, 15) is 24.1 Å². The summed E-state index contributed by atoms with van der Waals surface area (Å²) in [6, 6.07) is 9.32. The van der Waals surface area contributed by atoms with Crippen molar-refractivity contribution in [1.82, 2.24) is 0 Å². The van der Waals surface area contributed by atoms with Crippen LogP contribution in [0, 0.1) is 15.9 Å². The smallest absolute Gasteiger partial charge is 0.340 e. The fourth-order valence-corrected chi connectivity index (χ4v) is 3.19. The van der Waals surface area contributed by atoms with E-state index in [1.54, 1.807) is 6.07 Å². The number of benzene rings is 2. The molecule has 0 radical (unpaired) electrons. The number of hydrogen-bond donors (Lipinski definition) is 0. The third-order valence-electron chi connectivity index (χ3n) is 4.37. The Morgan fingerprint density at radius 1 is 1.28 bits per heavy atom. The molecule has 0 atom stereocenters. The molecule has 7 nitrogen and oxygen atoms in total. The highest BCUT2D eigenvalue weighted by Gasteiger charge is 2.39. The summed E-state index contributed by atoms with van der Waals surface area (Å²) in [7, 11) is 1.15. The minimum Gasteiger partial charge on any atom is -0.465 e. The van der Waals surface area contributed by atoms with Gasteiger partial charge in [0.15, 0.2) is 0 Å². The molecule has 1 aliphatic heterocycles. The number of esters is 1. The van der Waals surface area contributed by atoms with Crippen LogP contribution in [0.15, 0.2) is 59.3 Å². The van der Waals surface area contributed by atoms with Crippen molar-refractivity contribution in [3.63, 3.8) is 0 Å². The van der Waals surface area contributed by atoms with Gasteiger partial charge in [-0.25, -0.2) is 9.18 Å². The molecule has 0 aromatic heterocycles. The number of allylic oxidation sites excluding steroid dienone is 1. The lowest BCUT2D eigenvalue weighted by atomic mass is 10.0. The molecular weight excluding hydrogens is 403 g/mol. The number of hydrogen-bond acceptors (Lipinski definition) is 5. The zero-order valence-electron chi connectivity index (χ0n) is 15.3. The van der Waals surface area contributed by atoms with Crippen molar-refractivity contribution in [2.45, 2.75) is 6.92 Å². The van der Waals surface area contributed by atoms with Crippen LogP contribution in [-0.4, -0.2) is 23.9 Å². The lowest BCUT2D eigenvalue weighted by Crippen LogP contribution is -2.25. The summed E-state index contributed by atoms with van der Waals surface area (Å²) >= 11 is 6.12. The number of anilines is 1. The first-order chi connectivity index (χ1) is 13.8. The number of para-hydroxylation sites is 1. The Morgan fingerprint density at radius 2 is 1.97 bits per heavy atom. The van der Waals surface area contributed by atoms with Crippen LogP contribution in [-0.2, 0) is 14.3 Å². The van der Waals surface area contributed by atoms with Gasteiger partial charge in [-0.15, -0.1) is 0 Å². The Balaban J connectivity index is 2.21. The first-order valence-corrected chi connectivity index (χ1v) is 8.68. The average Bonchev–Trinajstić information content (AvgIpc) is 2.93. The van der Waals surface area contributed by atoms with Crippen LogP contribution in [0.3, 0.4) is 0 Å². The van der Waals surface area contributed by atoms with Gasteiger partial charge < -0.3 is 4.74 Å². The summed E-state index contributed by atoms with van der Waals surface area (Å²) < 4.78 is 19.1. The molecule has 0 spiro atoms. The van der Waals surface area contributed by atoms with Crippen LogP contribution in [0.5, 0.6) is 0 Å². The van der Waals surface area contributed by atoms with Crippen LogP contribution in [0.1, 0.15) is 12.5 Å². The quantitative estimate of drug-likeness (QED) is 0.321. The predicted molar refractivity (Wildman–Crippen MR) is 105 cm³/mol. The maximum Gasteiger partial charge on any atom is 0.340 e. The van der Waals surface area contributed by atoms with Crippen molar-refractivity contribution in [2.24, 2.45) is 0 Å². The fourth-order valence-electron chi connectivity index (χ4n) is 3.01. The van der Waals surface area contributed by atoms with Gasteiger partial charge >= 0.3 is 5.97 Å². The number of ether oxygens (including phenoxy) is 1. The first kappa shape index (κ1) is 20.2. The SMILES string of the molecule is COC(=O)C1=C(C)N(c2ccccc2F)C(=O)/C1=C\c1cc([N+](=O)[O-])ccc1Cl. The van der Waals surface area contributed by atoms with Crippen LogP contribution in [0.4, 0.5) is 15.8 Å². The Hall–Kier alpha value is -3.52. The number of nitrogens with zero attached hydrogens (tertiary/aromatic N) is 2. The van der Waals surface area contributed by atoms with Crippen molar-refractivity contribution < 1.29 is 23.6 Å². The molecule has 0 aliphatic carbocycles. The second-order valence-corrected chi connectivity index (χ2v) is 6.47. The van der Waals surface area contributed by atoms with Crippen molar-refractivity contribution in [2.75, 3.05) is 12.0 Å². The van der Waals surface area contributed by atoms with E-state index >= 15 is 0 Å². The zero-order chi connectivity index (χ0) is 21.3. The number of carbonyl (C=O) groups excluding carboxylic acids is 2. The Morgan fingerprint density at radius 3 is 2.59 bits per heavy atom. The fraction of sp³-hybridized carbons (Fsp3) is 0.100. The van der Waals surface area contributed by atoms with Gasteiger partial charge in [0.2, 0.25) is 0 Å². The number of nitro benzene ring substituents is 1. The second-order valence-electron chi connectivity index (χ2n) is 6.06. The summed E-state index contributed by atoms with van der Waals surface area (Å²) in [5, 5.41) is 11.2. The predicted octanol–water partition coefficient (Wildman–Crippen LogP) is 4.26. The number of halogens is 2. The molecule has 0 N–H and O–H groups in total. The molecule has 1 amide bonds. The molecule has 9 heteroatoms. The highest BCUT2D eigenvalue weighted by atomic mass is 35.5. The van der Waals surface area contributed by atoms with E-state index in [-0.39, 0.29) is 38.8 Å². The minimum atomic E-state index is -0.803. The number of amides is 1. The lowest BCUT2D eigenvalue weighted by molar-refractivity contribution is -0.384. The van der Waals surface area contributed by atoms with E-state index in [2.05, 4.69) is 0 Å². The molecule has 0 unspecified atom stereocenters. The lowest BCUT2D eigenvalue weighted by Gasteiger charge is -2.18. The molecule has 2 aromatic rings. The summed E-state index contributed by atoms with van der Waals surface area (Å²) in [6.07, 6.45) is 1.26. The minimum absolute atomic E-state index is 0.0371. The van der Waals surface area contributed by atoms with Gasteiger partial charge in [0, 0.05) is 28.4 Å². The number of carbonyl (C=O) groups is 2. The second kappa shape index (κ2) is 7.84. The van der Waals surface area contributed by atoms with Gasteiger partial charge in [-0.05, 0) is 31.2 Å². The monoisotopic (exact) mass is 416 g/mol. The molecule has 1 heterocycles. The molecular formula is C20H14ClFN2O5. The van der Waals surface area contributed by atoms with Crippen molar-refractivity contribution in [3.05, 3.63) is 85.8 Å². The summed E-state index contributed by atoms with van der Waals surface area (Å²) in [4.78, 5) is 37.0. The molecule has 0 saturated carbocycles. The van der Waals surface area contributed by atoms with Gasteiger partial charge in [0.05, 0.1) is 28.9 Å². The standard InChI is InChI=1S/C20H14ClFN2O5/c1-11-18(20(26)29-2)14(10-12-9-13(24(27)28)7-8-15(12)21)19(25)23(11)17-6-4-3-5-16(17)22/h3-10H,1-2H3/b14-10-. The molecule has 0 bridgehead atoms. The zero-order valence-corrected chi connectivity index (χ0v) is 16.1. The molecule has 3 rings (SSSR count). The van der Waals surface area contributed by atoms with Gasteiger partial charge in [0.1, 0.15) is 5.82 Å². The van der Waals surface area contributed by atoms with E-state index in [4.69, 9.17) is 16.3 Å². The largest absolute Gasteiger partial charge is 0.465 e. The third-order valence-corrected chi connectivity index (χ3v) is 4.72. The van der Waals surface area contributed by atoms with E-state index in [0.29, 0.717) is 0 Å². The van der Waals surface area contributed by atoms with E-state index in [1.165, 1.54) is 49.4 Å². The number of nitro groups is 1. The molecule has 1 aliphatic rings. The van der Waals surface area contributed by atoms with E-state index in [0.717, 1.165) is 12.0 Å². The number of rotatable bonds is 4. The Kier molecular flexibility index (Phi) is 5.47. The highest BCUT2D eigenvalue weighted by molar-refractivity contribution is 6.32. The van der Waals surface area contributed by atoms with E-state index < -0.39 is 22.6 Å². The maximum atomic E-state index is 14.3. The first-order valence-electron chi connectivity index (χ1n) is 8.30. The van der Waals surface area contributed by atoms with Gasteiger partial charge in [-0.1, -0.05) is 23.7 Å². The van der Waals surface area contributed by atoms with Crippen LogP contribution in [0.2, 0.25) is 5.02 Å². The Labute approximate surface area is 169 Å². The summed E-state index contributed by atoms with van der Waals surface area (Å²) in [5.74, 6) is -2.14.